The lowest BCUT2D eigenvalue weighted by molar-refractivity contribution is 0.0890. The van der Waals surface area contributed by atoms with E-state index < -0.39 is 0 Å². The van der Waals surface area contributed by atoms with E-state index in [1.165, 1.54) is 5.56 Å². The second-order valence-electron chi connectivity index (χ2n) is 4.61. The monoisotopic (exact) mass is 214 g/mol. The molecule has 16 heavy (non-hydrogen) atoms. The lowest BCUT2D eigenvalue weighted by atomic mass is 9.85. The molecule has 1 aliphatic carbocycles. The molecule has 1 nitrogen and oxygen atoms in total. The van der Waals surface area contributed by atoms with E-state index in [1.807, 2.05) is 24.3 Å². The number of allylic oxidation sites excluding steroid dienone is 1. The summed E-state index contributed by atoms with van der Waals surface area (Å²) in [5, 5.41) is 0. The summed E-state index contributed by atoms with van der Waals surface area (Å²) in [6.07, 6.45) is 5.02. The highest BCUT2D eigenvalue weighted by atomic mass is 16.1. The quantitative estimate of drug-likeness (QED) is 0.542. The van der Waals surface area contributed by atoms with Crippen molar-refractivity contribution < 1.29 is 4.79 Å². The van der Waals surface area contributed by atoms with Crippen molar-refractivity contribution in [1.29, 1.82) is 0 Å². The summed E-state index contributed by atoms with van der Waals surface area (Å²) in [4.78, 5) is 12.4. The summed E-state index contributed by atoms with van der Waals surface area (Å²) in [5.41, 5.74) is 2.14. The predicted octanol–water partition coefficient (Wildman–Crippen LogP) is 3.64. The van der Waals surface area contributed by atoms with Crippen LogP contribution in [0.25, 0.3) is 0 Å². The van der Waals surface area contributed by atoms with Crippen LogP contribution in [0.5, 0.6) is 0 Å². The molecule has 0 N–H and O–H groups in total. The van der Waals surface area contributed by atoms with Gasteiger partial charge in [0.15, 0.2) is 5.78 Å². The predicted molar refractivity (Wildman–Crippen MR) is 66.6 cm³/mol. The van der Waals surface area contributed by atoms with E-state index in [0.29, 0.717) is 5.78 Å². The Hall–Kier alpha value is -1.37. The molecule has 0 bridgehead atoms. The van der Waals surface area contributed by atoms with Crippen molar-refractivity contribution in [2.24, 2.45) is 11.8 Å². The second-order valence-corrected chi connectivity index (χ2v) is 4.61. The van der Waals surface area contributed by atoms with E-state index in [9.17, 15) is 4.79 Å². The van der Waals surface area contributed by atoms with Gasteiger partial charge < -0.3 is 0 Å². The Morgan fingerprint density at radius 3 is 2.94 bits per heavy atom. The molecular formula is C15H18O. The van der Waals surface area contributed by atoms with Gasteiger partial charge in [-0.2, -0.15) is 0 Å². The molecule has 0 fully saturated rings. The Kier molecular flexibility index (Phi) is 3.23. The molecule has 0 amide bonds. The second kappa shape index (κ2) is 4.65. The number of Topliss-reactive ketones (excluding diaryl/α,β-unsaturated/α-hetero) is 1. The zero-order valence-corrected chi connectivity index (χ0v) is 9.78. The summed E-state index contributed by atoms with van der Waals surface area (Å²) in [6.45, 7) is 5.89. The minimum Gasteiger partial charge on any atom is -0.294 e. The fraction of sp³-hybridized carbons (Fsp3) is 0.400. The molecule has 2 unspecified atom stereocenters. The van der Waals surface area contributed by atoms with Crippen LogP contribution in [-0.4, -0.2) is 5.78 Å². The van der Waals surface area contributed by atoms with Gasteiger partial charge in [-0.25, -0.2) is 0 Å². The molecule has 1 aromatic carbocycles. The first-order valence-corrected chi connectivity index (χ1v) is 5.98. The minimum absolute atomic E-state index is 0.126. The molecule has 1 aromatic rings. The van der Waals surface area contributed by atoms with Crippen LogP contribution in [0.15, 0.2) is 36.9 Å². The summed E-state index contributed by atoms with van der Waals surface area (Å²) >= 11 is 0. The number of rotatable bonds is 2. The zero-order chi connectivity index (χ0) is 11.5. The van der Waals surface area contributed by atoms with Crippen LogP contribution in [0.2, 0.25) is 0 Å². The molecule has 0 aliphatic heterocycles. The van der Waals surface area contributed by atoms with Crippen molar-refractivity contribution in [3.05, 3.63) is 48.0 Å². The molecule has 0 saturated heterocycles. The van der Waals surface area contributed by atoms with Crippen molar-refractivity contribution >= 4 is 5.78 Å². The molecule has 0 heterocycles. The maximum atomic E-state index is 12.4. The summed E-state index contributed by atoms with van der Waals surface area (Å²) in [7, 11) is 0. The number of ketones is 1. The summed E-state index contributed by atoms with van der Waals surface area (Å²) < 4.78 is 0. The molecule has 84 valence electrons. The van der Waals surface area contributed by atoms with Gasteiger partial charge >= 0.3 is 0 Å². The third kappa shape index (κ3) is 1.95. The smallest absolute Gasteiger partial charge is 0.166 e. The van der Waals surface area contributed by atoms with E-state index >= 15 is 0 Å². The summed E-state index contributed by atoms with van der Waals surface area (Å²) in [6, 6.07) is 8.01. The highest BCUT2D eigenvalue weighted by Crippen LogP contribution is 2.29. The first-order chi connectivity index (χ1) is 7.74. The standard InChI is InChI=1S/C15H18O/c1-3-11(2)13-10-6-8-12-7-4-5-9-14(12)15(13)16/h3-5,7,9,11,13H,1,6,8,10H2,2H3. The van der Waals surface area contributed by atoms with E-state index in [-0.39, 0.29) is 11.8 Å². The molecule has 0 radical (unpaired) electrons. The van der Waals surface area contributed by atoms with Crippen LogP contribution in [0.1, 0.15) is 35.7 Å². The maximum Gasteiger partial charge on any atom is 0.166 e. The van der Waals surface area contributed by atoms with Crippen LogP contribution >= 0.6 is 0 Å². The topological polar surface area (TPSA) is 17.1 Å². The molecular weight excluding hydrogens is 196 g/mol. The largest absolute Gasteiger partial charge is 0.294 e. The number of carbonyl (C=O) groups is 1. The Morgan fingerprint density at radius 2 is 2.19 bits per heavy atom. The van der Waals surface area contributed by atoms with E-state index in [0.717, 1.165) is 24.8 Å². The molecule has 0 aromatic heterocycles. The van der Waals surface area contributed by atoms with Gasteiger partial charge in [0.1, 0.15) is 0 Å². The fourth-order valence-electron chi connectivity index (χ4n) is 2.49. The third-order valence-electron chi connectivity index (χ3n) is 3.59. The van der Waals surface area contributed by atoms with Crippen molar-refractivity contribution in [2.45, 2.75) is 26.2 Å². The molecule has 0 saturated carbocycles. The maximum absolute atomic E-state index is 12.4. The Labute approximate surface area is 97.2 Å². The average Bonchev–Trinajstić information content (AvgIpc) is 2.49. The highest BCUT2D eigenvalue weighted by Gasteiger charge is 2.27. The minimum atomic E-state index is 0.126. The van der Waals surface area contributed by atoms with Crippen LogP contribution in [0, 0.1) is 11.8 Å². The van der Waals surface area contributed by atoms with Crippen LogP contribution in [0.4, 0.5) is 0 Å². The number of aryl methyl sites for hydroxylation is 1. The van der Waals surface area contributed by atoms with Gasteiger partial charge in [-0.05, 0) is 30.7 Å². The van der Waals surface area contributed by atoms with Gasteiger partial charge in [-0.3, -0.25) is 4.79 Å². The Morgan fingerprint density at radius 1 is 1.44 bits per heavy atom. The Bertz CT molecular complexity index is 406. The number of benzene rings is 1. The summed E-state index contributed by atoms with van der Waals surface area (Å²) in [5.74, 6) is 0.709. The van der Waals surface area contributed by atoms with Gasteiger partial charge in [0.2, 0.25) is 0 Å². The molecule has 2 rings (SSSR count). The van der Waals surface area contributed by atoms with Gasteiger partial charge in [-0.1, -0.05) is 37.3 Å². The van der Waals surface area contributed by atoms with Crippen molar-refractivity contribution in [1.82, 2.24) is 0 Å². The lowest BCUT2D eigenvalue weighted by Gasteiger charge is -2.18. The Balaban J connectivity index is 2.37. The third-order valence-corrected chi connectivity index (χ3v) is 3.59. The van der Waals surface area contributed by atoms with Gasteiger partial charge in [0, 0.05) is 11.5 Å². The molecule has 0 spiro atoms. The highest BCUT2D eigenvalue weighted by molar-refractivity contribution is 5.99. The van der Waals surface area contributed by atoms with Crippen LogP contribution in [0.3, 0.4) is 0 Å². The lowest BCUT2D eigenvalue weighted by Crippen LogP contribution is -2.20. The van der Waals surface area contributed by atoms with E-state index in [4.69, 9.17) is 0 Å². The van der Waals surface area contributed by atoms with Gasteiger partial charge in [-0.15, -0.1) is 6.58 Å². The van der Waals surface area contributed by atoms with Crippen molar-refractivity contribution in [3.63, 3.8) is 0 Å². The van der Waals surface area contributed by atoms with Gasteiger partial charge in [0.25, 0.3) is 0 Å². The normalized spacial score (nSPS) is 22.1. The fourth-order valence-corrected chi connectivity index (χ4v) is 2.49. The first-order valence-electron chi connectivity index (χ1n) is 5.98. The molecule has 2 atom stereocenters. The van der Waals surface area contributed by atoms with Gasteiger partial charge in [0.05, 0.1) is 0 Å². The SMILES string of the molecule is C=CC(C)C1CCCc2ccccc2C1=O. The molecule has 1 heteroatoms. The van der Waals surface area contributed by atoms with Crippen LogP contribution < -0.4 is 0 Å². The van der Waals surface area contributed by atoms with E-state index in [2.05, 4.69) is 19.6 Å². The van der Waals surface area contributed by atoms with Crippen molar-refractivity contribution in [2.75, 3.05) is 0 Å². The molecule has 1 aliphatic rings. The number of fused-ring (bicyclic) bond motifs is 1. The number of hydrogen-bond donors (Lipinski definition) is 0. The first kappa shape index (κ1) is 11.1. The van der Waals surface area contributed by atoms with E-state index in [1.54, 1.807) is 0 Å². The zero-order valence-electron chi connectivity index (χ0n) is 9.78. The van der Waals surface area contributed by atoms with Crippen molar-refractivity contribution in [3.8, 4) is 0 Å². The average molecular weight is 214 g/mol. The number of carbonyl (C=O) groups excluding carboxylic acids is 1. The van der Waals surface area contributed by atoms with Crippen LogP contribution in [-0.2, 0) is 6.42 Å². The number of hydrogen-bond acceptors (Lipinski definition) is 1.